The first-order valence-corrected chi connectivity index (χ1v) is 21.4. The lowest BCUT2D eigenvalue weighted by Gasteiger charge is -2.63. The molecule has 4 heterocycles. The second-order valence-electron chi connectivity index (χ2n) is 19.1. The molecule has 0 amide bonds. The Morgan fingerprint density at radius 1 is 0.754 bits per heavy atom. The maximum absolute atomic E-state index is 12.8. The lowest BCUT2D eigenvalue weighted by molar-refractivity contribution is -0.336. The van der Waals surface area contributed by atoms with Gasteiger partial charge in [0.25, 0.3) is 6.47 Å². The molecule has 4 aliphatic carbocycles. The third kappa shape index (κ3) is 7.42. The van der Waals surface area contributed by atoms with Gasteiger partial charge in [-0.3, -0.25) is 4.79 Å². The molecule has 0 radical (unpaired) electrons. The van der Waals surface area contributed by atoms with Crippen LogP contribution < -0.4 is 0 Å². The van der Waals surface area contributed by atoms with Gasteiger partial charge in [-0.1, -0.05) is 13.8 Å². The molecule has 0 bridgehead atoms. The third-order valence-corrected chi connectivity index (χ3v) is 16.0. The topological polar surface area (TPSA) is 209 Å². The number of rotatable bonds is 9. The lowest BCUT2D eigenvalue weighted by atomic mass is 9.43. The molecule has 7 fully saturated rings. The average molecular weight is 809 g/mol. The molecule has 57 heavy (non-hydrogen) atoms. The zero-order chi connectivity index (χ0) is 40.6. The zero-order valence-electron chi connectivity index (χ0n) is 33.9. The molecular weight excluding hydrogens is 744 g/mol. The minimum absolute atomic E-state index is 0.00114. The van der Waals surface area contributed by atoms with Crippen LogP contribution in [-0.4, -0.2) is 136 Å². The fourth-order valence-corrected chi connectivity index (χ4v) is 13.0. The van der Waals surface area contributed by atoms with Crippen LogP contribution in [0.2, 0.25) is 0 Å². The van der Waals surface area contributed by atoms with Gasteiger partial charge in [-0.05, 0) is 94.5 Å². The lowest BCUT2D eigenvalue weighted by Crippen LogP contribution is -2.62. The number of ether oxygens (including phenoxy) is 8. The van der Waals surface area contributed by atoms with Crippen molar-refractivity contribution in [3.8, 4) is 0 Å². The van der Waals surface area contributed by atoms with E-state index < -0.39 is 90.9 Å². The van der Waals surface area contributed by atoms with E-state index in [0.717, 1.165) is 50.5 Å². The molecule has 5 N–H and O–H groups in total. The first kappa shape index (κ1) is 42.0. The predicted molar refractivity (Wildman–Crippen MR) is 198 cm³/mol. The van der Waals surface area contributed by atoms with Crippen molar-refractivity contribution in [3.05, 3.63) is 11.6 Å². The van der Waals surface area contributed by atoms with Crippen LogP contribution in [-0.2, 0) is 47.5 Å². The van der Waals surface area contributed by atoms with Crippen molar-refractivity contribution in [2.75, 3.05) is 6.61 Å². The molecule has 4 saturated carbocycles. The van der Waals surface area contributed by atoms with Crippen molar-refractivity contribution < 1.29 is 73.0 Å². The smallest absolute Gasteiger partial charge is 0.331 e. The average Bonchev–Trinajstić information content (AvgIpc) is 3.67. The Labute approximate surface area is 334 Å². The molecule has 4 aliphatic heterocycles. The van der Waals surface area contributed by atoms with Crippen molar-refractivity contribution >= 4 is 12.4 Å². The molecule has 1 unspecified atom stereocenters. The van der Waals surface area contributed by atoms with Crippen LogP contribution in [0.5, 0.6) is 0 Å². The number of cyclic esters (lactones) is 1. The molecule has 322 valence electrons. The number of hydrogen-bond donors (Lipinski definition) is 5. The van der Waals surface area contributed by atoms with Crippen molar-refractivity contribution in [2.45, 2.75) is 197 Å². The van der Waals surface area contributed by atoms with Crippen LogP contribution in [0.3, 0.4) is 0 Å². The van der Waals surface area contributed by atoms with Crippen molar-refractivity contribution in [1.82, 2.24) is 0 Å². The van der Waals surface area contributed by atoms with Crippen molar-refractivity contribution in [1.29, 1.82) is 0 Å². The van der Waals surface area contributed by atoms with Crippen molar-refractivity contribution in [2.24, 2.45) is 34.5 Å². The first-order valence-electron chi connectivity index (χ1n) is 21.4. The first-order chi connectivity index (χ1) is 27.0. The minimum atomic E-state index is -1.05. The summed E-state index contributed by atoms with van der Waals surface area (Å²) >= 11 is 0. The van der Waals surface area contributed by atoms with Gasteiger partial charge in [-0.2, -0.15) is 0 Å². The molecular formula is C42H64O15. The van der Waals surface area contributed by atoms with Gasteiger partial charge in [0.2, 0.25) is 0 Å². The molecule has 15 heteroatoms. The summed E-state index contributed by atoms with van der Waals surface area (Å²) in [6, 6.07) is 0. The van der Waals surface area contributed by atoms with E-state index in [1.807, 2.05) is 6.92 Å². The van der Waals surface area contributed by atoms with E-state index in [-0.39, 0.29) is 55.2 Å². The van der Waals surface area contributed by atoms with E-state index in [9.17, 15) is 35.1 Å². The van der Waals surface area contributed by atoms with Gasteiger partial charge < -0.3 is 63.4 Å². The van der Waals surface area contributed by atoms with E-state index in [4.69, 9.17) is 37.9 Å². The van der Waals surface area contributed by atoms with E-state index in [2.05, 4.69) is 13.8 Å². The summed E-state index contributed by atoms with van der Waals surface area (Å²) in [4.78, 5) is 23.7. The Balaban J connectivity index is 0.844. The van der Waals surface area contributed by atoms with Gasteiger partial charge in [0, 0.05) is 43.1 Å². The second-order valence-corrected chi connectivity index (χ2v) is 19.1. The zero-order valence-corrected chi connectivity index (χ0v) is 33.9. The van der Waals surface area contributed by atoms with Crippen molar-refractivity contribution in [3.63, 3.8) is 0 Å². The SMILES string of the molecule is CC1O[C@@H](O[C@H]2CC[C@@]3(C)[C@H](CC[C@@H]4[C@@H]3CC[C@]3(C)[C@@H](C5=CC(=O)OC5)[C@@H](OC=O)C[C@]43O)C2)C[C@H](O)[C@@H]1O[C@H]1C[C@H](O)[C@H](O[C@H]2C[C@H](O)[C@H](O)[C@@H](C)O2)[C@@H](C)O1. The van der Waals surface area contributed by atoms with E-state index in [0.29, 0.717) is 24.7 Å². The summed E-state index contributed by atoms with van der Waals surface area (Å²) in [5, 5.41) is 55.2. The molecule has 0 aromatic carbocycles. The van der Waals surface area contributed by atoms with Crippen LogP contribution in [0.15, 0.2) is 11.6 Å². The van der Waals surface area contributed by atoms with Gasteiger partial charge in [-0.25, -0.2) is 4.79 Å². The summed E-state index contributed by atoms with van der Waals surface area (Å²) < 4.78 is 47.8. The Hall–Kier alpha value is -1.76. The van der Waals surface area contributed by atoms with Crippen LogP contribution in [0.4, 0.5) is 0 Å². The standard InChI is InChI=1S/C42H64O15/c1-20-37(48)28(44)14-34(52-20)56-39-22(3)54-35(16-30(39)46)57-38-21(2)53-33(15-29(38)45)55-25-8-10-40(4)24(13-25)6-7-27-26(40)9-11-41(5)36(23-12-32(47)50-18-23)31(51-19-43)17-42(27,41)49/h12,19-22,24-31,33-39,44-46,48-49H,6-11,13-18H2,1-5H3/t20-,21?,22-,24-,25+,26+,27-,28+,29+,30+,31+,33+,34+,35+,36+,37-,38-,39-,40+,41-,42+/m1/s1. The predicted octanol–water partition coefficient (Wildman–Crippen LogP) is 2.40. The number of hydrogen-bond acceptors (Lipinski definition) is 15. The maximum Gasteiger partial charge on any atom is 0.331 e. The highest BCUT2D eigenvalue weighted by atomic mass is 16.7. The molecule has 15 nitrogen and oxygen atoms in total. The molecule has 21 atom stereocenters. The highest BCUT2D eigenvalue weighted by Gasteiger charge is 2.71. The van der Waals surface area contributed by atoms with E-state index >= 15 is 0 Å². The Bertz CT molecular complexity index is 1470. The Morgan fingerprint density at radius 2 is 1.37 bits per heavy atom. The van der Waals surface area contributed by atoms with Crippen LogP contribution >= 0.6 is 0 Å². The minimum Gasteiger partial charge on any atom is -0.464 e. The van der Waals surface area contributed by atoms with Gasteiger partial charge in [0.05, 0.1) is 48.3 Å². The number of carbonyl (C=O) groups excluding carboxylic acids is 2. The Morgan fingerprint density at radius 3 is 1.95 bits per heavy atom. The molecule has 3 saturated heterocycles. The highest BCUT2D eigenvalue weighted by Crippen LogP contribution is 2.70. The number of fused-ring (bicyclic) bond motifs is 5. The van der Waals surface area contributed by atoms with Gasteiger partial charge in [-0.15, -0.1) is 0 Å². The third-order valence-electron chi connectivity index (χ3n) is 16.0. The van der Waals surface area contributed by atoms with Crippen LogP contribution in [0.1, 0.15) is 105 Å². The summed E-state index contributed by atoms with van der Waals surface area (Å²) in [6.45, 7) is 10.4. The van der Waals surface area contributed by atoms with Crippen LogP contribution in [0, 0.1) is 34.5 Å². The molecule has 8 aliphatic rings. The molecule has 0 spiro atoms. The van der Waals surface area contributed by atoms with E-state index in [1.165, 1.54) is 6.08 Å². The second kappa shape index (κ2) is 15.9. The maximum atomic E-state index is 12.8. The fourth-order valence-electron chi connectivity index (χ4n) is 13.0. The quantitative estimate of drug-likeness (QED) is 0.129. The number of carbonyl (C=O) groups is 2. The number of aliphatic hydroxyl groups excluding tert-OH is 4. The molecule has 0 aromatic heterocycles. The largest absolute Gasteiger partial charge is 0.464 e. The summed E-state index contributed by atoms with van der Waals surface area (Å²) in [6.07, 6.45) is -1.35. The molecule has 0 aromatic rings. The van der Waals surface area contributed by atoms with Gasteiger partial charge in [0.1, 0.15) is 31.0 Å². The van der Waals surface area contributed by atoms with E-state index in [1.54, 1.807) is 13.8 Å². The monoisotopic (exact) mass is 808 g/mol. The summed E-state index contributed by atoms with van der Waals surface area (Å²) in [7, 11) is 0. The Kier molecular flexibility index (Phi) is 11.7. The fraction of sp³-hybridized carbons (Fsp3) is 0.905. The number of aliphatic hydroxyl groups is 5. The summed E-state index contributed by atoms with van der Waals surface area (Å²) in [5.41, 5.74) is -0.790. The van der Waals surface area contributed by atoms with Gasteiger partial charge in [0.15, 0.2) is 18.9 Å². The normalized spacial score (nSPS) is 53.9. The number of esters is 1. The summed E-state index contributed by atoms with van der Waals surface area (Å²) in [5.74, 6) is 0.0703. The van der Waals surface area contributed by atoms with Crippen LogP contribution in [0.25, 0.3) is 0 Å². The highest BCUT2D eigenvalue weighted by molar-refractivity contribution is 5.85. The molecule has 8 rings (SSSR count). The van der Waals surface area contributed by atoms with Gasteiger partial charge >= 0.3 is 5.97 Å².